The van der Waals surface area contributed by atoms with Crippen molar-refractivity contribution in [2.45, 2.75) is 18.4 Å². The van der Waals surface area contributed by atoms with E-state index in [1.165, 1.54) is 0 Å². The first-order valence-electron chi connectivity index (χ1n) is 8.94. The number of rotatable bonds is 10. The molecule has 0 spiro atoms. The lowest BCUT2D eigenvalue weighted by Crippen LogP contribution is -2.42. The minimum Gasteiger partial charge on any atom is -0.459 e. The van der Waals surface area contributed by atoms with Crippen LogP contribution in [0.2, 0.25) is 5.02 Å². The van der Waals surface area contributed by atoms with E-state index in [0.717, 1.165) is 42.5 Å². The van der Waals surface area contributed by atoms with Gasteiger partial charge in [-0.25, -0.2) is 14.0 Å². The molecule has 33 heavy (non-hydrogen) atoms. The molecule has 2 aromatic carbocycles. The predicted octanol–water partition coefficient (Wildman–Crippen LogP) is 2.89. The van der Waals surface area contributed by atoms with Crippen LogP contribution in [-0.2, 0) is 9.47 Å². The summed E-state index contributed by atoms with van der Waals surface area (Å²) in [4.78, 5) is 44.4. The fourth-order valence-electron chi connectivity index (χ4n) is 2.48. The number of non-ortho nitro benzene ring substituents is 2. The number of benzene rings is 2. The Morgan fingerprint density at radius 2 is 1.67 bits per heavy atom. The average molecular weight is 484 g/mol. The zero-order valence-electron chi connectivity index (χ0n) is 16.4. The molecule has 174 valence electrons. The zero-order valence-corrected chi connectivity index (χ0v) is 17.2. The maximum absolute atomic E-state index is 14.2. The molecule has 0 saturated heterocycles. The fraction of sp³-hybridized carbons (Fsp3) is 0.211. The molecule has 0 aromatic heterocycles. The van der Waals surface area contributed by atoms with Crippen LogP contribution in [0.1, 0.15) is 20.7 Å². The van der Waals surface area contributed by atoms with Gasteiger partial charge in [-0.15, -0.1) is 0 Å². The Morgan fingerprint density at radius 1 is 1.09 bits per heavy atom. The van der Waals surface area contributed by atoms with Crippen LogP contribution in [-0.4, -0.2) is 58.1 Å². The third-order valence-corrected chi connectivity index (χ3v) is 4.49. The zero-order chi connectivity index (χ0) is 24.7. The summed E-state index contributed by atoms with van der Waals surface area (Å²) >= 11 is 5.83. The molecule has 0 aliphatic heterocycles. The number of aliphatic hydroxyl groups excluding tert-OH is 1. The minimum atomic E-state index is -2.29. The van der Waals surface area contributed by atoms with Gasteiger partial charge in [0.15, 0.2) is 12.3 Å². The standard InChI is InChI=1S/C19H15ClFN3O9/c20-14-7-12(24(30)31)5-6-13(14)19(27)33-17(15(21)8-22)16(25)9-32-18(26)10-1-3-11(4-2-10)23(28)29/h1-8,15-17,22,25H,9H2/t15-,16-,17+/m1/s1. The number of ether oxygens (including phenoxy) is 2. The lowest BCUT2D eigenvalue weighted by atomic mass is 10.1. The SMILES string of the molecule is N=C[C@@H](F)[C@H](OC(=O)c1ccc([N+](=O)[O-])cc1Cl)[C@H](O)COC(=O)c1ccc([N+](=O)[O-])cc1. The van der Waals surface area contributed by atoms with Crippen LogP contribution >= 0.6 is 11.6 Å². The van der Waals surface area contributed by atoms with Crippen molar-refractivity contribution >= 4 is 41.1 Å². The van der Waals surface area contributed by atoms with Gasteiger partial charge < -0.3 is 20.0 Å². The Bertz CT molecular complexity index is 1080. The molecule has 14 heteroatoms. The molecule has 0 fully saturated rings. The lowest BCUT2D eigenvalue weighted by Gasteiger charge is -2.24. The highest BCUT2D eigenvalue weighted by molar-refractivity contribution is 6.33. The monoisotopic (exact) mass is 483 g/mol. The van der Waals surface area contributed by atoms with E-state index in [1.54, 1.807) is 0 Å². The smallest absolute Gasteiger partial charge is 0.340 e. The van der Waals surface area contributed by atoms with Crippen LogP contribution in [0.5, 0.6) is 0 Å². The third kappa shape index (κ3) is 6.51. The van der Waals surface area contributed by atoms with Gasteiger partial charge in [-0.05, 0) is 18.2 Å². The molecule has 0 aliphatic rings. The number of carbonyl (C=O) groups excluding carboxylic acids is 2. The first-order valence-corrected chi connectivity index (χ1v) is 9.32. The maximum Gasteiger partial charge on any atom is 0.340 e. The minimum absolute atomic E-state index is 0.0946. The van der Waals surface area contributed by atoms with Crippen LogP contribution in [0.15, 0.2) is 42.5 Å². The number of hydrogen-bond acceptors (Lipinski definition) is 10. The van der Waals surface area contributed by atoms with Crippen molar-refractivity contribution in [3.05, 3.63) is 78.8 Å². The molecule has 0 amide bonds. The second-order valence-corrected chi connectivity index (χ2v) is 6.78. The molecule has 0 aliphatic carbocycles. The molecule has 2 rings (SSSR count). The molecule has 12 nitrogen and oxygen atoms in total. The van der Waals surface area contributed by atoms with Gasteiger partial charge in [0.2, 0.25) is 0 Å². The number of nitro benzene ring substituents is 2. The molecule has 3 atom stereocenters. The van der Waals surface area contributed by atoms with Gasteiger partial charge in [0, 0.05) is 30.5 Å². The molecule has 0 bridgehead atoms. The summed E-state index contributed by atoms with van der Waals surface area (Å²) in [5.74, 6) is -2.25. The molecule has 0 heterocycles. The summed E-state index contributed by atoms with van der Waals surface area (Å²) in [7, 11) is 0. The Balaban J connectivity index is 2.08. The number of nitrogens with zero attached hydrogens (tertiary/aromatic N) is 2. The van der Waals surface area contributed by atoms with Crippen LogP contribution in [0, 0.1) is 25.6 Å². The predicted molar refractivity (Wildman–Crippen MR) is 110 cm³/mol. The molecular formula is C19H15ClFN3O9. The van der Waals surface area contributed by atoms with Gasteiger partial charge in [-0.3, -0.25) is 20.2 Å². The number of esters is 2. The van der Waals surface area contributed by atoms with E-state index in [9.17, 15) is 39.3 Å². The number of halogens is 2. The van der Waals surface area contributed by atoms with E-state index in [4.69, 9.17) is 26.5 Å². The number of nitro groups is 2. The van der Waals surface area contributed by atoms with Crippen molar-refractivity contribution in [3.8, 4) is 0 Å². The first-order chi connectivity index (χ1) is 15.5. The van der Waals surface area contributed by atoms with Gasteiger partial charge in [0.25, 0.3) is 11.4 Å². The highest BCUT2D eigenvalue weighted by atomic mass is 35.5. The highest BCUT2D eigenvalue weighted by Gasteiger charge is 2.33. The Morgan fingerprint density at radius 3 is 2.18 bits per heavy atom. The summed E-state index contributed by atoms with van der Waals surface area (Å²) in [6.07, 6.45) is -5.94. The molecular weight excluding hydrogens is 469 g/mol. The van der Waals surface area contributed by atoms with E-state index in [2.05, 4.69) is 0 Å². The molecule has 0 saturated carbocycles. The number of carbonyl (C=O) groups is 2. The van der Waals surface area contributed by atoms with Crippen molar-refractivity contribution < 1.29 is 38.4 Å². The number of hydrogen-bond donors (Lipinski definition) is 2. The second-order valence-electron chi connectivity index (χ2n) is 6.37. The number of aliphatic hydroxyl groups is 1. The van der Waals surface area contributed by atoms with E-state index in [0.29, 0.717) is 0 Å². The Hall–Kier alpha value is -3.97. The van der Waals surface area contributed by atoms with Gasteiger partial charge in [-0.1, -0.05) is 11.6 Å². The largest absolute Gasteiger partial charge is 0.459 e. The normalized spacial score (nSPS) is 13.3. The quantitative estimate of drug-likeness (QED) is 0.222. The molecule has 0 radical (unpaired) electrons. The second kappa shape index (κ2) is 11.1. The van der Waals surface area contributed by atoms with Gasteiger partial charge in [0.1, 0.15) is 12.7 Å². The third-order valence-electron chi connectivity index (χ3n) is 4.18. The van der Waals surface area contributed by atoms with Crippen molar-refractivity contribution in [1.82, 2.24) is 0 Å². The van der Waals surface area contributed by atoms with E-state index in [-0.39, 0.29) is 28.1 Å². The summed E-state index contributed by atoms with van der Waals surface area (Å²) in [5.41, 5.74) is -1.13. The van der Waals surface area contributed by atoms with Gasteiger partial charge in [-0.2, -0.15) is 0 Å². The van der Waals surface area contributed by atoms with Crippen molar-refractivity contribution in [3.63, 3.8) is 0 Å². The van der Waals surface area contributed by atoms with Crippen molar-refractivity contribution in [2.75, 3.05) is 6.61 Å². The summed E-state index contributed by atoms with van der Waals surface area (Å²) in [6.45, 7) is -0.851. The van der Waals surface area contributed by atoms with E-state index in [1.807, 2.05) is 0 Å². The molecule has 2 aromatic rings. The number of alkyl halides is 1. The van der Waals surface area contributed by atoms with Crippen LogP contribution in [0.4, 0.5) is 15.8 Å². The Labute approximate surface area is 189 Å². The molecule has 0 unspecified atom stereocenters. The highest BCUT2D eigenvalue weighted by Crippen LogP contribution is 2.24. The van der Waals surface area contributed by atoms with Crippen LogP contribution in [0.25, 0.3) is 0 Å². The Kier molecular flexibility index (Phi) is 8.48. The lowest BCUT2D eigenvalue weighted by molar-refractivity contribution is -0.385. The molecule has 2 N–H and O–H groups in total. The fourth-order valence-corrected chi connectivity index (χ4v) is 2.73. The summed E-state index contributed by atoms with van der Waals surface area (Å²) in [5, 5.41) is 38.3. The number of nitrogens with one attached hydrogen (secondary N) is 1. The topological polar surface area (TPSA) is 183 Å². The van der Waals surface area contributed by atoms with Crippen LogP contribution < -0.4 is 0 Å². The van der Waals surface area contributed by atoms with Crippen molar-refractivity contribution in [2.24, 2.45) is 0 Å². The average Bonchev–Trinajstić information content (AvgIpc) is 2.79. The van der Waals surface area contributed by atoms with Gasteiger partial charge in [0.05, 0.1) is 26.0 Å². The summed E-state index contributed by atoms with van der Waals surface area (Å²) < 4.78 is 23.9. The van der Waals surface area contributed by atoms with Gasteiger partial charge >= 0.3 is 11.9 Å². The first kappa shape index (κ1) is 25.3. The van der Waals surface area contributed by atoms with Crippen molar-refractivity contribution in [1.29, 1.82) is 5.41 Å². The maximum atomic E-state index is 14.2. The van der Waals surface area contributed by atoms with E-state index >= 15 is 0 Å². The van der Waals surface area contributed by atoms with Crippen LogP contribution in [0.3, 0.4) is 0 Å². The van der Waals surface area contributed by atoms with E-state index < -0.39 is 52.5 Å². The summed E-state index contributed by atoms with van der Waals surface area (Å²) in [6, 6.07) is 7.13.